The number of rotatable bonds is 4. The number of ether oxygens (including phenoxy) is 1. The van der Waals surface area contributed by atoms with Crippen molar-refractivity contribution in [3.05, 3.63) is 23.2 Å². The van der Waals surface area contributed by atoms with Crippen LogP contribution in [0.2, 0.25) is 0 Å². The van der Waals surface area contributed by atoms with Gasteiger partial charge in [-0.1, -0.05) is 0 Å². The van der Waals surface area contributed by atoms with Crippen molar-refractivity contribution in [1.29, 1.82) is 0 Å². The van der Waals surface area contributed by atoms with Gasteiger partial charge in [0.2, 0.25) is 0 Å². The highest BCUT2D eigenvalue weighted by molar-refractivity contribution is 7.18. The summed E-state index contributed by atoms with van der Waals surface area (Å²) in [4.78, 5) is 25.5. The highest BCUT2D eigenvalue weighted by Crippen LogP contribution is 2.28. The minimum atomic E-state index is -0.761. The van der Waals surface area contributed by atoms with Crippen LogP contribution in [-0.2, 0) is 9.59 Å². The van der Waals surface area contributed by atoms with Gasteiger partial charge in [-0.15, -0.1) is 11.3 Å². The second-order valence-corrected chi connectivity index (χ2v) is 4.25. The summed E-state index contributed by atoms with van der Waals surface area (Å²) in [5, 5.41) is 0.522. The van der Waals surface area contributed by atoms with E-state index in [0.717, 1.165) is 10.2 Å². The summed E-state index contributed by atoms with van der Waals surface area (Å²) in [5.74, 6) is -0.0542. The molecule has 16 heavy (non-hydrogen) atoms. The number of thiazole rings is 1. The van der Waals surface area contributed by atoms with Crippen LogP contribution in [0.5, 0.6) is 5.75 Å². The van der Waals surface area contributed by atoms with Crippen LogP contribution in [0.25, 0.3) is 10.2 Å². The van der Waals surface area contributed by atoms with Crippen LogP contribution in [0.3, 0.4) is 0 Å². The van der Waals surface area contributed by atoms with Crippen molar-refractivity contribution >= 4 is 34.1 Å². The molecule has 0 amide bonds. The molecule has 0 unspecified atom stereocenters. The molecule has 0 fully saturated rings. The first-order valence-electron chi connectivity index (χ1n) is 4.63. The molecule has 0 spiro atoms. The van der Waals surface area contributed by atoms with Crippen molar-refractivity contribution < 1.29 is 14.3 Å². The van der Waals surface area contributed by atoms with Gasteiger partial charge >= 0.3 is 0 Å². The number of nitrogens with zero attached hydrogens (tertiary/aromatic N) is 1. The summed E-state index contributed by atoms with van der Waals surface area (Å²) in [7, 11) is 1.58. The van der Waals surface area contributed by atoms with Gasteiger partial charge in [-0.25, -0.2) is 4.98 Å². The van der Waals surface area contributed by atoms with E-state index < -0.39 is 5.92 Å². The van der Waals surface area contributed by atoms with Crippen LogP contribution in [-0.4, -0.2) is 24.7 Å². The van der Waals surface area contributed by atoms with Gasteiger partial charge in [0.05, 0.1) is 17.3 Å². The van der Waals surface area contributed by atoms with Crippen LogP contribution in [0.15, 0.2) is 18.2 Å². The van der Waals surface area contributed by atoms with E-state index in [1.165, 1.54) is 11.3 Å². The Morgan fingerprint density at radius 2 is 2.12 bits per heavy atom. The molecule has 0 saturated heterocycles. The third-order valence-corrected chi connectivity index (χ3v) is 3.33. The van der Waals surface area contributed by atoms with Crippen LogP contribution in [0.4, 0.5) is 0 Å². The first-order chi connectivity index (χ1) is 7.78. The van der Waals surface area contributed by atoms with E-state index in [1.807, 2.05) is 12.1 Å². The van der Waals surface area contributed by atoms with E-state index in [-0.39, 0.29) is 0 Å². The Bertz CT molecular complexity index is 527. The fourth-order valence-corrected chi connectivity index (χ4v) is 2.30. The van der Waals surface area contributed by atoms with Crippen molar-refractivity contribution in [3.63, 3.8) is 0 Å². The number of benzene rings is 1. The Labute approximate surface area is 95.9 Å². The maximum atomic E-state index is 10.6. The van der Waals surface area contributed by atoms with Crippen molar-refractivity contribution in [1.82, 2.24) is 4.98 Å². The molecular formula is C11H9NO3S. The van der Waals surface area contributed by atoms with Crippen molar-refractivity contribution in [2.24, 2.45) is 0 Å². The van der Waals surface area contributed by atoms with Crippen LogP contribution < -0.4 is 4.74 Å². The van der Waals surface area contributed by atoms with Crippen molar-refractivity contribution in [2.75, 3.05) is 7.11 Å². The molecule has 1 heterocycles. The number of methoxy groups -OCH3 is 1. The second kappa shape index (κ2) is 4.40. The summed E-state index contributed by atoms with van der Waals surface area (Å²) in [6, 6.07) is 5.46. The maximum Gasteiger partial charge on any atom is 0.137 e. The molecule has 1 aromatic carbocycles. The monoisotopic (exact) mass is 235 g/mol. The lowest BCUT2D eigenvalue weighted by atomic mass is 10.2. The summed E-state index contributed by atoms with van der Waals surface area (Å²) < 4.78 is 6.00. The molecular weight excluding hydrogens is 226 g/mol. The summed E-state index contributed by atoms with van der Waals surface area (Å²) in [6.07, 6.45) is 1.20. The number of hydrogen-bond donors (Lipinski definition) is 0. The first-order valence-corrected chi connectivity index (χ1v) is 5.45. The van der Waals surface area contributed by atoms with Crippen LogP contribution in [0.1, 0.15) is 10.9 Å². The average molecular weight is 235 g/mol. The molecule has 0 atom stereocenters. The van der Waals surface area contributed by atoms with Crippen LogP contribution >= 0.6 is 11.3 Å². The van der Waals surface area contributed by atoms with Gasteiger partial charge in [-0.3, -0.25) is 0 Å². The predicted octanol–water partition coefficient (Wildman–Crippen LogP) is 1.79. The van der Waals surface area contributed by atoms with Gasteiger partial charge < -0.3 is 14.3 Å². The maximum absolute atomic E-state index is 10.6. The normalized spacial score (nSPS) is 10.6. The topological polar surface area (TPSA) is 56.3 Å². The molecule has 0 aliphatic rings. The molecule has 4 nitrogen and oxygen atoms in total. The third kappa shape index (κ3) is 1.81. The fraction of sp³-hybridized carbons (Fsp3) is 0.182. The van der Waals surface area contributed by atoms with E-state index in [9.17, 15) is 9.59 Å². The Kier molecular flexibility index (Phi) is 2.96. The molecule has 0 saturated carbocycles. The molecule has 0 N–H and O–H groups in total. The third-order valence-electron chi connectivity index (χ3n) is 2.19. The zero-order valence-electron chi connectivity index (χ0n) is 8.54. The Balaban J connectivity index is 2.50. The smallest absolute Gasteiger partial charge is 0.137 e. The van der Waals surface area contributed by atoms with E-state index >= 15 is 0 Å². The second-order valence-electron chi connectivity index (χ2n) is 3.18. The van der Waals surface area contributed by atoms with Gasteiger partial charge in [0.1, 0.15) is 29.2 Å². The minimum Gasteiger partial charge on any atom is -0.497 e. The predicted molar refractivity (Wildman–Crippen MR) is 61.0 cm³/mol. The molecule has 2 aromatic rings. The van der Waals surface area contributed by atoms with Gasteiger partial charge in [0.15, 0.2) is 0 Å². The number of fused-ring (bicyclic) bond motifs is 1. The highest BCUT2D eigenvalue weighted by Gasteiger charge is 2.14. The lowest BCUT2D eigenvalue weighted by Gasteiger charge is -1.96. The summed E-state index contributed by atoms with van der Waals surface area (Å²) in [6.45, 7) is 0. The van der Waals surface area contributed by atoms with Gasteiger partial charge in [0.25, 0.3) is 0 Å². The molecule has 0 aliphatic heterocycles. The number of carbonyl (C=O) groups excluding carboxylic acids is 2. The highest BCUT2D eigenvalue weighted by atomic mass is 32.1. The minimum absolute atomic E-state index is 0.522. The number of aromatic nitrogens is 1. The quantitative estimate of drug-likeness (QED) is 0.598. The lowest BCUT2D eigenvalue weighted by Crippen LogP contribution is -1.99. The Morgan fingerprint density at radius 3 is 2.75 bits per heavy atom. The largest absolute Gasteiger partial charge is 0.497 e. The number of carbonyl (C=O) groups is 2. The molecule has 5 heteroatoms. The average Bonchev–Trinajstić information content (AvgIpc) is 2.72. The zero-order chi connectivity index (χ0) is 11.5. The van der Waals surface area contributed by atoms with E-state index in [2.05, 4.69) is 4.98 Å². The summed E-state index contributed by atoms with van der Waals surface area (Å²) in [5.41, 5.74) is 0.744. The van der Waals surface area contributed by atoms with E-state index in [1.54, 1.807) is 13.2 Å². The molecule has 1 aromatic heterocycles. The standard InChI is InChI=1S/C11H9NO3S/c1-15-8-2-3-10-9(4-8)12-11(16-10)7(5-13)6-14/h2-7H,1H3. The molecule has 0 aliphatic carbocycles. The Hall–Kier alpha value is -1.75. The number of hydrogen-bond acceptors (Lipinski definition) is 5. The van der Waals surface area contributed by atoms with Gasteiger partial charge in [-0.05, 0) is 12.1 Å². The van der Waals surface area contributed by atoms with Crippen molar-refractivity contribution in [3.8, 4) is 5.75 Å². The lowest BCUT2D eigenvalue weighted by molar-refractivity contribution is -0.116. The van der Waals surface area contributed by atoms with Gasteiger partial charge in [-0.2, -0.15) is 0 Å². The molecule has 0 radical (unpaired) electrons. The summed E-state index contributed by atoms with van der Waals surface area (Å²) >= 11 is 1.34. The van der Waals surface area contributed by atoms with E-state index in [4.69, 9.17) is 4.74 Å². The van der Waals surface area contributed by atoms with Crippen LogP contribution in [0, 0.1) is 0 Å². The SMILES string of the molecule is COc1ccc2sc(C(C=O)C=O)nc2c1. The fourth-order valence-electron chi connectivity index (χ4n) is 1.34. The zero-order valence-corrected chi connectivity index (χ0v) is 9.36. The van der Waals surface area contributed by atoms with E-state index in [0.29, 0.717) is 23.3 Å². The molecule has 2 rings (SSSR count). The molecule has 0 bridgehead atoms. The Morgan fingerprint density at radius 1 is 1.38 bits per heavy atom. The van der Waals surface area contributed by atoms with Gasteiger partial charge in [0, 0.05) is 6.07 Å². The first kappa shape index (κ1) is 10.8. The molecule has 82 valence electrons. The van der Waals surface area contributed by atoms with Crippen molar-refractivity contribution in [2.45, 2.75) is 5.92 Å². The number of aldehydes is 2.